The van der Waals surface area contributed by atoms with Crippen LogP contribution in [0.3, 0.4) is 0 Å². The molecule has 180 valence electrons. The van der Waals surface area contributed by atoms with Gasteiger partial charge in [-0.2, -0.15) is 0 Å². The van der Waals surface area contributed by atoms with E-state index < -0.39 is 6.04 Å². The Labute approximate surface area is 205 Å². The maximum absolute atomic E-state index is 13.6. The minimum Gasteiger partial charge on any atom is -0.497 e. The van der Waals surface area contributed by atoms with Crippen LogP contribution in [0.15, 0.2) is 77.6 Å². The zero-order chi connectivity index (χ0) is 25.3. The number of aromatic nitrogens is 2. The predicted octanol–water partition coefficient (Wildman–Crippen LogP) is 5.53. The van der Waals surface area contributed by atoms with E-state index in [-0.39, 0.29) is 16.9 Å². The highest BCUT2D eigenvalue weighted by Gasteiger charge is 2.25. The van der Waals surface area contributed by atoms with Crippen molar-refractivity contribution in [1.82, 2.24) is 14.5 Å². The second-order valence-electron chi connectivity index (χ2n) is 9.75. The zero-order valence-electron chi connectivity index (χ0n) is 21.1. The van der Waals surface area contributed by atoms with Crippen molar-refractivity contribution in [2.75, 3.05) is 14.2 Å². The van der Waals surface area contributed by atoms with Gasteiger partial charge in [0.15, 0.2) is 0 Å². The molecule has 0 aliphatic carbocycles. The highest BCUT2D eigenvalue weighted by molar-refractivity contribution is 5.94. The summed E-state index contributed by atoms with van der Waals surface area (Å²) in [5, 5.41) is 0.519. The van der Waals surface area contributed by atoms with Gasteiger partial charge in [0.2, 0.25) is 0 Å². The van der Waals surface area contributed by atoms with Crippen molar-refractivity contribution in [2.24, 2.45) is 0 Å². The summed E-state index contributed by atoms with van der Waals surface area (Å²) in [6.45, 7) is 8.31. The Bertz CT molecular complexity index is 1420. The highest BCUT2D eigenvalue weighted by atomic mass is 16.5. The summed E-state index contributed by atoms with van der Waals surface area (Å²) in [6, 6.07) is 21.7. The Kier molecular flexibility index (Phi) is 6.48. The smallest absolute Gasteiger partial charge is 0.266 e. The normalized spacial score (nSPS) is 12.4. The van der Waals surface area contributed by atoms with E-state index in [0.29, 0.717) is 33.7 Å². The predicted molar refractivity (Wildman–Crippen MR) is 140 cm³/mol. The van der Waals surface area contributed by atoms with Crippen molar-refractivity contribution in [3.63, 3.8) is 0 Å². The van der Waals surface area contributed by atoms with E-state index in [2.05, 4.69) is 20.8 Å². The molecule has 6 heteroatoms. The maximum Gasteiger partial charge on any atom is 0.266 e. The largest absolute Gasteiger partial charge is 0.497 e. The number of benzene rings is 3. The van der Waals surface area contributed by atoms with Gasteiger partial charge in [0.05, 0.1) is 29.7 Å². The first-order valence-corrected chi connectivity index (χ1v) is 11.7. The molecular weight excluding hydrogens is 438 g/mol. The molecule has 1 amide bonds. The van der Waals surface area contributed by atoms with E-state index in [1.165, 1.54) is 0 Å². The number of hydrogen-bond donors (Lipinski definition) is 0. The fourth-order valence-corrected chi connectivity index (χ4v) is 4.08. The highest BCUT2D eigenvalue weighted by Crippen LogP contribution is 2.26. The van der Waals surface area contributed by atoms with Crippen LogP contribution in [0.2, 0.25) is 0 Å². The standard InChI is InChI=1S/C29H31N3O3/c1-19(31(5)27(33)20-11-13-21(14-12-20)29(2,3)4)26-30-25-10-8-7-9-24(25)28(34)32(26)22-15-17-23(35-6)18-16-22/h7-19H,1-6H3. The number of carbonyl (C=O) groups excluding carboxylic acids is 1. The molecule has 1 heterocycles. The molecule has 6 nitrogen and oxygen atoms in total. The molecule has 0 N–H and O–H groups in total. The average molecular weight is 470 g/mol. The first-order chi connectivity index (χ1) is 16.6. The number of ether oxygens (including phenoxy) is 1. The number of rotatable bonds is 5. The SMILES string of the molecule is COc1ccc(-n2c(C(C)N(C)C(=O)c3ccc(C(C)(C)C)cc3)nc3ccccc3c2=O)cc1. The summed E-state index contributed by atoms with van der Waals surface area (Å²) in [5.41, 5.74) is 2.83. The Hall–Kier alpha value is -3.93. The fraction of sp³-hybridized carbons (Fsp3) is 0.276. The maximum atomic E-state index is 13.6. The Balaban J connectivity index is 1.78. The van der Waals surface area contributed by atoms with E-state index in [0.717, 1.165) is 5.56 Å². The lowest BCUT2D eigenvalue weighted by Crippen LogP contribution is -2.35. The van der Waals surface area contributed by atoms with Crippen molar-refractivity contribution >= 4 is 16.8 Å². The van der Waals surface area contributed by atoms with Crippen molar-refractivity contribution in [3.05, 3.63) is 100 Å². The second kappa shape index (κ2) is 9.37. The third-order valence-corrected chi connectivity index (χ3v) is 6.41. The molecule has 0 saturated carbocycles. The molecule has 3 aromatic carbocycles. The molecule has 1 aromatic heterocycles. The third-order valence-electron chi connectivity index (χ3n) is 6.41. The Morgan fingerprint density at radius 3 is 2.20 bits per heavy atom. The summed E-state index contributed by atoms with van der Waals surface area (Å²) in [5.74, 6) is 1.04. The number of carbonyl (C=O) groups is 1. The van der Waals surface area contributed by atoms with Gasteiger partial charge in [-0.15, -0.1) is 0 Å². The van der Waals surface area contributed by atoms with Crippen molar-refractivity contribution < 1.29 is 9.53 Å². The van der Waals surface area contributed by atoms with E-state index >= 15 is 0 Å². The molecule has 0 fully saturated rings. The van der Waals surface area contributed by atoms with Gasteiger partial charge in [-0.05, 0) is 66.4 Å². The van der Waals surface area contributed by atoms with Gasteiger partial charge in [-0.1, -0.05) is 45.0 Å². The van der Waals surface area contributed by atoms with E-state index in [9.17, 15) is 9.59 Å². The lowest BCUT2D eigenvalue weighted by Gasteiger charge is -2.27. The molecule has 0 aliphatic heterocycles. The molecular formula is C29H31N3O3. The monoisotopic (exact) mass is 469 g/mol. The van der Waals surface area contributed by atoms with Crippen molar-refractivity contribution in [3.8, 4) is 11.4 Å². The van der Waals surface area contributed by atoms with Crippen LogP contribution in [0, 0.1) is 0 Å². The van der Waals surface area contributed by atoms with Crippen LogP contribution in [-0.2, 0) is 5.41 Å². The molecule has 35 heavy (non-hydrogen) atoms. The quantitative estimate of drug-likeness (QED) is 0.386. The van der Waals surface area contributed by atoms with Crippen LogP contribution in [0.4, 0.5) is 0 Å². The van der Waals surface area contributed by atoms with Crippen molar-refractivity contribution in [2.45, 2.75) is 39.2 Å². The Morgan fingerprint density at radius 2 is 1.60 bits per heavy atom. The topological polar surface area (TPSA) is 64.4 Å². The van der Waals surface area contributed by atoms with Gasteiger partial charge in [0.1, 0.15) is 11.6 Å². The zero-order valence-corrected chi connectivity index (χ0v) is 21.1. The van der Waals surface area contributed by atoms with Crippen LogP contribution in [-0.4, -0.2) is 34.5 Å². The van der Waals surface area contributed by atoms with Crippen LogP contribution in [0.5, 0.6) is 5.75 Å². The summed E-state index contributed by atoms with van der Waals surface area (Å²) in [4.78, 5) is 33.4. The van der Waals surface area contributed by atoms with Gasteiger partial charge in [-0.25, -0.2) is 4.98 Å². The van der Waals surface area contributed by atoms with Crippen molar-refractivity contribution in [1.29, 1.82) is 0 Å². The minimum absolute atomic E-state index is 0.00419. The molecule has 4 rings (SSSR count). The van der Waals surface area contributed by atoms with Crippen LogP contribution >= 0.6 is 0 Å². The fourth-order valence-electron chi connectivity index (χ4n) is 4.08. The summed E-state index contributed by atoms with van der Waals surface area (Å²) in [6.07, 6.45) is 0. The molecule has 0 aliphatic rings. The number of hydrogen-bond acceptors (Lipinski definition) is 4. The lowest BCUT2D eigenvalue weighted by molar-refractivity contribution is 0.0735. The van der Waals surface area contributed by atoms with Gasteiger partial charge < -0.3 is 9.64 Å². The number of para-hydroxylation sites is 1. The summed E-state index contributed by atoms with van der Waals surface area (Å²) >= 11 is 0. The minimum atomic E-state index is -0.468. The van der Waals surface area contributed by atoms with E-state index in [4.69, 9.17) is 9.72 Å². The Morgan fingerprint density at radius 1 is 0.971 bits per heavy atom. The molecule has 1 unspecified atom stereocenters. The summed E-state index contributed by atoms with van der Waals surface area (Å²) < 4.78 is 6.86. The lowest BCUT2D eigenvalue weighted by atomic mass is 9.86. The molecule has 0 radical (unpaired) electrons. The number of nitrogens with zero attached hydrogens (tertiary/aromatic N) is 3. The summed E-state index contributed by atoms with van der Waals surface area (Å²) in [7, 11) is 3.34. The first-order valence-electron chi connectivity index (χ1n) is 11.7. The van der Waals surface area contributed by atoms with Gasteiger partial charge in [0.25, 0.3) is 11.5 Å². The second-order valence-corrected chi connectivity index (χ2v) is 9.75. The number of amides is 1. The molecule has 0 spiro atoms. The van der Waals surface area contributed by atoms with E-state index in [1.54, 1.807) is 41.8 Å². The molecule has 0 bridgehead atoms. The number of fused-ring (bicyclic) bond motifs is 1. The molecule has 4 aromatic rings. The van der Waals surface area contributed by atoms with Gasteiger partial charge >= 0.3 is 0 Å². The average Bonchev–Trinajstić information content (AvgIpc) is 2.87. The van der Waals surface area contributed by atoms with Crippen LogP contribution in [0.1, 0.15) is 55.5 Å². The van der Waals surface area contributed by atoms with Crippen LogP contribution < -0.4 is 10.3 Å². The number of methoxy groups -OCH3 is 1. The van der Waals surface area contributed by atoms with Crippen LogP contribution in [0.25, 0.3) is 16.6 Å². The van der Waals surface area contributed by atoms with E-state index in [1.807, 2.05) is 61.5 Å². The molecule has 0 saturated heterocycles. The van der Waals surface area contributed by atoms with Gasteiger partial charge in [-0.3, -0.25) is 14.2 Å². The van der Waals surface area contributed by atoms with Gasteiger partial charge in [0, 0.05) is 12.6 Å². The third kappa shape index (κ3) is 4.69. The first kappa shape index (κ1) is 24.2. The molecule has 1 atom stereocenters.